The van der Waals surface area contributed by atoms with E-state index in [2.05, 4.69) is 10.2 Å². The topological polar surface area (TPSA) is 46.1 Å². The number of hydrogen-bond donors (Lipinski definition) is 0. The van der Waals surface area contributed by atoms with E-state index in [9.17, 15) is 4.79 Å². The van der Waals surface area contributed by atoms with E-state index >= 15 is 0 Å². The van der Waals surface area contributed by atoms with Crippen LogP contribution in [0.25, 0.3) is 0 Å². The van der Waals surface area contributed by atoms with Gasteiger partial charge in [-0.05, 0) is 19.1 Å². The Balaban J connectivity index is 1.79. The van der Waals surface area contributed by atoms with Crippen molar-refractivity contribution in [3.63, 3.8) is 0 Å². The van der Waals surface area contributed by atoms with Crippen LogP contribution in [0.1, 0.15) is 32.1 Å². The Morgan fingerprint density at radius 2 is 2.00 bits per heavy atom. The Labute approximate surface area is 126 Å². The Bertz CT molecular complexity index is 418. The molecule has 4 nitrogen and oxygen atoms in total. The first-order valence-electron chi connectivity index (χ1n) is 6.46. The number of carbonyl (C=O) groups excluding carboxylic acids is 1. The van der Waals surface area contributed by atoms with E-state index in [4.69, 9.17) is 0 Å². The second-order valence-electron chi connectivity index (χ2n) is 4.62. The van der Waals surface area contributed by atoms with E-state index in [0.29, 0.717) is 11.8 Å². The van der Waals surface area contributed by atoms with Crippen LogP contribution in [-0.2, 0) is 4.79 Å². The average molecular weight is 318 g/mol. The number of carbonyl (C=O) groups is 1. The van der Waals surface area contributed by atoms with Crippen LogP contribution in [0, 0.1) is 0 Å². The fraction of sp³-hybridized carbons (Fsp3) is 0.750. The highest BCUT2D eigenvalue weighted by Gasteiger charge is 2.22. The summed E-state index contributed by atoms with van der Waals surface area (Å²) in [7, 11) is 1.94. The molecule has 1 aliphatic rings. The van der Waals surface area contributed by atoms with E-state index in [1.54, 1.807) is 23.1 Å². The third-order valence-corrected chi connectivity index (χ3v) is 6.41. The molecule has 0 radical (unpaired) electrons. The maximum absolute atomic E-state index is 12.1. The molecule has 0 bridgehead atoms. The first-order valence-corrected chi connectivity index (χ1v) is 9.49. The number of thioether (sulfide) groups is 2. The molecule has 0 atom stereocenters. The standard InChI is InChI=1S/C12H19N3OS3/c1-15(9-6-4-3-5-7-9)10(16)8-18-12-14-13-11(17-2)19-12/h9H,3-8H2,1-2H3. The Morgan fingerprint density at radius 1 is 1.32 bits per heavy atom. The molecular formula is C12H19N3OS3. The van der Waals surface area contributed by atoms with E-state index in [-0.39, 0.29) is 5.91 Å². The van der Waals surface area contributed by atoms with Gasteiger partial charge in [-0.15, -0.1) is 10.2 Å². The number of hydrogen-bond acceptors (Lipinski definition) is 6. The molecule has 1 saturated carbocycles. The second-order valence-corrected chi connectivity index (χ2v) is 7.88. The summed E-state index contributed by atoms with van der Waals surface area (Å²) in [5, 5.41) is 8.10. The zero-order valence-electron chi connectivity index (χ0n) is 11.3. The number of aromatic nitrogens is 2. The summed E-state index contributed by atoms with van der Waals surface area (Å²) in [6.07, 6.45) is 8.11. The molecule has 1 aromatic heterocycles. The minimum Gasteiger partial charge on any atom is -0.342 e. The summed E-state index contributed by atoms with van der Waals surface area (Å²) in [6, 6.07) is 0.443. The van der Waals surface area contributed by atoms with Gasteiger partial charge in [-0.1, -0.05) is 54.1 Å². The van der Waals surface area contributed by atoms with Gasteiger partial charge in [-0.2, -0.15) is 0 Å². The molecule has 7 heteroatoms. The lowest BCUT2D eigenvalue weighted by Crippen LogP contribution is -2.39. The molecule has 19 heavy (non-hydrogen) atoms. The Morgan fingerprint density at radius 3 is 2.63 bits per heavy atom. The third-order valence-electron chi connectivity index (χ3n) is 3.40. The van der Waals surface area contributed by atoms with Crippen LogP contribution in [-0.4, -0.2) is 46.1 Å². The minimum atomic E-state index is 0.206. The Kier molecular flexibility index (Phi) is 5.97. The molecule has 1 aromatic rings. The molecule has 1 fully saturated rings. The quantitative estimate of drug-likeness (QED) is 0.781. The molecule has 0 unspecified atom stereocenters. The molecule has 2 rings (SSSR count). The highest BCUT2D eigenvalue weighted by atomic mass is 32.2. The van der Waals surface area contributed by atoms with Crippen LogP contribution < -0.4 is 0 Å². The smallest absolute Gasteiger partial charge is 0.233 e. The van der Waals surface area contributed by atoms with Crippen LogP contribution in [0.5, 0.6) is 0 Å². The van der Waals surface area contributed by atoms with Crippen molar-refractivity contribution in [2.24, 2.45) is 0 Å². The zero-order chi connectivity index (χ0) is 13.7. The van der Waals surface area contributed by atoms with Crippen molar-refractivity contribution in [2.45, 2.75) is 46.8 Å². The van der Waals surface area contributed by atoms with Crippen molar-refractivity contribution in [2.75, 3.05) is 19.1 Å². The molecule has 1 aliphatic carbocycles. The predicted molar refractivity (Wildman–Crippen MR) is 82.1 cm³/mol. The molecule has 0 aliphatic heterocycles. The molecule has 0 saturated heterocycles. The molecule has 0 aromatic carbocycles. The summed E-state index contributed by atoms with van der Waals surface area (Å²) in [4.78, 5) is 14.1. The molecule has 1 heterocycles. The summed E-state index contributed by atoms with van der Waals surface area (Å²) in [6.45, 7) is 0. The van der Waals surface area contributed by atoms with Gasteiger partial charge in [-0.3, -0.25) is 4.79 Å². The van der Waals surface area contributed by atoms with E-state index in [1.807, 2.05) is 18.2 Å². The zero-order valence-corrected chi connectivity index (χ0v) is 13.7. The first-order chi connectivity index (χ1) is 9.20. The minimum absolute atomic E-state index is 0.206. The van der Waals surface area contributed by atoms with Crippen LogP contribution in [0.4, 0.5) is 0 Å². The van der Waals surface area contributed by atoms with Crippen molar-refractivity contribution in [3.05, 3.63) is 0 Å². The normalized spacial score (nSPS) is 16.5. The molecular weight excluding hydrogens is 298 g/mol. The molecule has 106 valence electrons. The largest absolute Gasteiger partial charge is 0.342 e. The van der Waals surface area contributed by atoms with Crippen molar-refractivity contribution >= 4 is 40.8 Å². The lowest BCUT2D eigenvalue weighted by molar-refractivity contribution is -0.129. The fourth-order valence-electron chi connectivity index (χ4n) is 2.24. The molecule has 0 N–H and O–H groups in total. The third kappa shape index (κ3) is 4.36. The highest BCUT2D eigenvalue weighted by molar-refractivity contribution is 8.03. The van der Waals surface area contributed by atoms with Gasteiger partial charge in [0.1, 0.15) is 0 Å². The van der Waals surface area contributed by atoms with Crippen molar-refractivity contribution in [1.82, 2.24) is 15.1 Å². The van der Waals surface area contributed by atoms with Gasteiger partial charge < -0.3 is 4.90 Å². The van der Waals surface area contributed by atoms with Gasteiger partial charge in [0.15, 0.2) is 8.68 Å². The molecule has 1 amide bonds. The fourth-order valence-corrected chi connectivity index (χ4v) is 4.60. The van der Waals surface area contributed by atoms with Gasteiger partial charge >= 0.3 is 0 Å². The average Bonchev–Trinajstić information content (AvgIpc) is 2.93. The van der Waals surface area contributed by atoms with Gasteiger partial charge in [0, 0.05) is 13.1 Å². The second kappa shape index (κ2) is 7.50. The van der Waals surface area contributed by atoms with Gasteiger partial charge in [0.2, 0.25) is 5.91 Å². The van der Waals surface area contributed by atoms with Crippen LogP contribution >= 0.6 is 34.9 Å². The van der Waals surface area contributed by atoms with E-state index < -0.39 is 0 Å². The monoisotopic (exact) mass is 317 g/mol. The van der Waals surface area contributed by atoms with E-state index in [0.717, 1.165) is 21.5 Å². The van der Waals surface area contributed by atoms with Crippen LogP contribution in [0.15, 0.2) is 8.68 Å². The SMILES string of the molecule is CSc1nnc(SCC(=O)N(C)C2CCCCC2)s1. The maximum atomic E-state index is 12.1. The Hall–Kier alpha value is -0.270. The summed E-state index contributed by atoms with van der Waals surface area (Å²) in [5.41, 5.74) is 0. The summed E-state index contributed by atoms with van der Waals surface area (Å²) < 4.78 is 1.84. The van der Waals surface area contributed by atoms with Crippen LogP contribution in [0.3, 0.4) is 0 Å². The van der Waals surface area contributed by atoms with Gasteiger partial charge in [0.05, 0.1) is 5.75 Å². The number of rotatable bonds is 5. The lowest BCUT2D eigenvalue weighted by atomic mass is 9.94. The first kappa shape index (κ1) is 15.1. The predicted octanol–water partition coefficient (Wildman–Crippen LogP) is 3.14. The number of amides is 1. The van der Waals surface area contributed by atoms with Crippen molar-refractivity contribution in [3.8, 4) is 0 Å². The summed E-state index contributed by atoms with van der Waals surface area (Å²) in [5.74, 6) is 0.675. The van der Waals surface area contributed by atoms with E-state index in [1.165, 1.54) is 31.0 Å². The van der Waals surface area contributed by atoms with Crippen LogP contribution in [0.2, 0.25) is 0 Å². The van der Waals surface area contributed by atoms with Gasteiger partial charge in [-0.25, -0.2) is 0 Å². The maximum Gasteiger partial charge on any atom is 0.233 e. The molecule has 0 spiro atoms. The summed E-state index contributed by atoms with van der Waals surface area (Å²) >= 11 is 4.64. The highest BCUT2D eigenvalue weighted by Crippen LogP contribution is 2.28. The van der Waals surface area contributed by atoms with Gasteiger partial charge in [0.25, 0.3) is 0 Å². The number of nitrogens with zero attached hydrogens (tertiary/aromatic N) is 3. The van der Waals surface area contributed by atoms with Crippen molar-refractivity contribution in [1.29, 1.82) is 0 Å². The lowest BCUT2D eigenvalue weighted by Gasteiger charge is -2.31. The van der Waals surface area contributed by atoms with Crippen molar-refractivity contribution < 1.29 is 4.79 Å².